The number of hydrogen-bond donors (Lipinski definition) is 1. The number of ether oxygens (including phenoxy) is 1. The normalized spacial score (nSPS) is 12.5. The molecule has 0 aliphatic carbocycles. The van der Waals surface area contributed by atoms with Crippen molar-refractivity contribution in [2.24, 2.45) is 5.92 Å². The number of rotatable bonds is 6. The zero-order valence-electron chi connectivity index (χ0n) is 11.0. The number of likely N-dealkylation sites (N-methyl/N-ethyl adjacent to an activating group) is 1. The van der Waals surface area contributed by atoms with E-state index < -0.39 is 4.92 Å². The van der Waals surface area contributed by atoms with Crippen LogP contribution in [0.2, 0.25) is 0 Å². The monoisotopic (exact) mass is 254 g/mol. The quantitative estimate of drug-likeness (QED) is 0.605. The number of aromatic nitrogens is 2. The van der Waals surface area contributed by atoms with Gasteiger partial charge in [-0.2, -0.15) is 4.98 Å². The molecule has 0 aromatic carbocycles. The highest BCUT2D eigenvalue weighted by Crippen LogP contribution is 2.27. The third-order valence-corrected chi connectivity index (χ3v) is 2.83. The van der Waals surface area contributed by atoms with Gasteiger partial charge in [0, 0.05) is 12.5 Å². The summed E-state index contributed by atoms with van der Waals surface area (Å²) in [4.78, 5) is 18.3. The first-order chi connectivity index (χ1) is 8.51. The summed E-state index contributed by atoms with van der Waals surface area (Å²) < 4.78 is 4.91. The summed E-state index contributed by atoms with van der Waals surface area (Å²) in [5, 5.41) is 14.2. The average Bonchev–Trinajstić information content (AvgIpc) is 2.34. The molecule has 0 saturated heterocycles. The van der Waals surface area contributed by atoms with Crippen molar-refractivity contribution in [2.75, 3.05) is 14.2 Å². The van der Waals surface area contributed by atoms with Crippen LogP contribution >= 0.6 is 0 Å². The van der Waals surface area contributed by atoms with Crippen molar-refractivity contribution < 1.29 is 9.66 Å². The van der Waals surface area contributed by atoms with Crippen molar-refractivity contribution in [1.29, 1.82) is 0 Å². The second kappa shape index (κ2) is 6.25. The van der Waals surface area contributed by atoms with Crippen LogP contribution in [0, 0.1) is 16.0 Å². The molecule has 1 rings (SSSR count). The van der Waals surface area contributed by atoms with E-state index in [4.69, 9.17) is 4.74 Å². The molecule has 1 unspecified atom stereocenters. The number of methoxy groups -OCH3 is 1. The molecule has 1 atom stereocenters. The first kappa shape index (κ1) is 14.3. The zero-order chi connectivity index (χ0) is 13.7. The lowest BCUT2D eigenvalue weighted by molar-refractivity contribution is -0.387. The molecular formula is C11H18N4O3. The third kappa shape index (κ3) is 3.13. The minimum Gasteiger partial charge on any atom is -0.476 e. The van der Waals surface area contributed by atoms with Crippen LogP contribution < -0.4 is 10.1 Å². The molecule has 0 fully saturated rings. The Bertz CT molecular complexity index is 423. The third-order valence-electron chi connectivity index (χ3n) is 2.83. The first-order valence-electron chi connectivity index (χ1n) is 5.70. The van der Waals surface area contributed by atoms with E-state index in [1.54, 1.807) is 0 Å². The van der Waals surface area contributed by atoms with Crippen LogP contribution in [0.15, 0.2) is 6.33 Å². The van der Waals surface area contributed by atoms with E-state index in [0.29, 0.717) is 18.0 Å². The summed E-state index contributed by atoms with van der Waals surface area (Å²) in [7, 11) is 3.19. The lowest BCUT2D eigenvalue weighted by Gasteiger charge is -2.19. The van der Waals surface area contributed by atoms with Gasteiger partial charge in [0.25, 0.3) is 5.88 Å². The van der Waals surface area contributed by atoms with Crippen molar-refractivity contribution in [3.05, 3.63) is 22.1 Å². The van der Waals surface area contributed by atoms with E-state index >= 15 is 0 Å². The molecule has 7 heteroatoms. The molecule has 0 saturated carbocycles. The summed E-state index contributed by atoms with van der Waals surface area (Å²) in [5.74, 6) is 0.346. The fourth-order valence-electron chi connectivity index (χ4n) is 1.76. The van der Waals surface area contributed by atoms with Crippen LogP contribution in [0.5, 0.6) is 5.88 Å². The number of nitrogens with one attached hydrogen (secondary N) is 1. The van der Waals surface area contributed by atoms with Crippen molar-refractivity contribution in [3.63, 3.8) is 0 Å². The van der Waals surface area contributed by atoms with Crippen LogP contribution in [0.4, 0.5) is 5.69 Å². The Morgan fingerprint density at radius 3 is 2.61 bits per heavy atom. The first-order valence-corrected chi connectivity index (χ1v) is 5.70. The van der Waals surface area contributed by atoms with Crippen LogP contribution in [-0.4, -0.2) is 35.1 Å². The van der Waals surface area contributed by atoms with E-state index in [-0.39, 0.29) is 17.6 Å². The van der Waals surface area contributed by atoms with Crippen molar-refractivity contribution >= 4 is 5.69 Å². The maximum absolute atomic E-state index is 11.1. The molecule has 0 aliphatic heterocycles. The predicted molar refractivity (Wildman–Crippen MR) is 66.6 cm³/mol. The van der Waals surface area contributed by atoms with Gasteiger partial charge < -0.3 is 10.1 Å². The average molecular weight is 254 g/mol. The summed E-state index contributed by atoms with van der Waals surface area (Å²) in [6.45, 7) is 4.09. The molecule has 1 aromatic rings. The minimum atomic E-state index is -0.499. The van der Waals surface area contributed by atoms with Gasteiger partial charge in [-0.3, -0.25) is 10.1 Å². The predicted octanol–water partition coefficient (Wildman–Crippen LogP) is 1.18. The molecule has 1 aromatic heterocycles. The van der Waals surface area contributed by atoms with Crippen LogP contribution in [0.1, 0.15) is 19.5 Å². The standard InChI is InChI=1S/C11H18N4O3/c1-7(2)8(12-3)5-9-10(15(16)17)11(18-4)14-6-13-9/h6-8,12H,5H2,1-4H3. The molecule has 18 heavy (non-hydrogen) atoms. The van der Waals surface area contributed by atoms with Crippen LogP contribution in [0.25, 0.3) is 0 Å². The van der Waals surface area contributed by atoms with Gasteiger partial charge in [-0.15, -0.1) is 0 Å². The van der Waals surface area contributed by atoms with E-state index in [1.807, 2.05) is 20.9 Å². The Balaban J connectivity index is 3.12. The van der Waals surface area contributed by atoms with Gasteiger partial charge in [0.1, 0.15) is 12.0 Å². The smallest absolute Gasteiger partial charge is 0.352 e. The zero-order valence-corrected chi connectivity index (χ0v) is 11.0. The molecule has 1 heterocycles. The molecular weight excluding hydrogens is 236 g/mol. The van der Waals surface area contributed by atoms with E-state index in [0.717, 1.165) is 0 Å². The van der Waals surface area contributed by atoms with Gasteiger partial charge in [-0.05, 0) is 13.0 Å². The van der Waals surface area contributed by atoms with Gasteiger partial charge in [-0.1, -0.05) is 13.8 Å². The largest absolute Gasteiger partial charge is 0.476 e. The maximum atomic E-state index is 11.1. The Hall–Kier alpha value is -1.76. The molecule has 1 N–H and O–H groups in total. The summed E-state index contributed by atoms with van der Waals surface area (Å²) in [5.41, 5.74) is 0.237. The summed E-state index contributed by atoms with van der Waals surface area (Å²) >= 11 is 0. The molecule has 0 aliphatic rings. The Labute approximate surface area is 106 Å². The number of nitrogens with zero attached hydrogens (tertiary/aromatic N) is 3. The van der Waals surface area contributed by atoms with Gasteiger partial charge in [0.05, 0.1) is 12.0 Å². The molecule has 7 nitrogen and oxygen atoms in total. The van der Waals surface area contributed by atoms with Crippen LogP contribution in [0.3, 0.4) is 0 Å². The van der Waals surface area contributed by atoms with Gasteiger partial charge in [0.15, 0.2) is 0 Å². The molecule has 100 valence electrons. The van der Waals surface area contributed by atoms with E-state index in [9.17, 15) is 10.1 Å². The molecule has 0 bridgehead atoms. The molecule has 0 amide bonds. The molecule has 0 radical (unpaired) electrons. The Kier molecular flexibility index (Phi) is 4.96. The van der Waals surface area contributed by atoms with E-state index in [2.05, 4.69) is 15.3 Å². The van der Waals surface area contributed by atoms with Gasteiger partial charge in [-0.25, -0.2) is 4.98 Å². The number of hydrogen-bond acceptors (Lipinski definition) is 6. The van der Waals surface area contributed by atoms with Gasteiger partial charge in [0.2, 0.25) is 0 Å². The Morgan fingerprint density at radius 2 is 2.17 bits per heavy atom. The topological polar surface area (TPSA) is 90.2 Å². The van der Waals surface area contributed by atoms with Gasteiger partial charge >= 0.3 is 5.69 Å². The van der Waals surface area contributed by atoms with E-state index in [1.165, 1.54) is 13.4 Å². The highest BCUT2D eigenvalue weighted by atomic mass is 16.6. The molecule has 0 spiro atoms. The van der Waals surface area contributed by atoms with Crippen LogP contribution in [-0.2, 0) is 6.42 Å². The maximum Gasteiger partial charge on any atom is 0.352 e. The second-order valence-corrected chi connectivity index (χ2v) is 4.28. The highest BCUT2D eigenvalue weighted by molar-refractivity contribution is 5.44. The summed E-state index contributed by atoms with van der Waals surface area (Å²) in [6, 6.07) is 0.114. The van der Waals surface area contributed by atoms with Crippen molar-refractivity contribution in [2.45, 2.75) is 26.3 Å². The summed E-state index contributed by atoms with van der Waals surface area (Å²) in [6.07, 6.45) is 1.75. The van der Waals surface area contributed by atoms with Crippen molar-refractivity contribution in [3.8, 4) is 5.88 Å². The lowest BCUT2D eigenvalue weighted by Crippen LogP contribution is -2.33. The lowest BCUT2D eigenvalue weighted by atomic mass is 9.99. The fraction of sp³-hybridized carbons (Fsp3) is 0.636. The highest BCUT2D eigenvalue weighted by Gasteiger charge is 2.26. The minimum absolute atomic E-state index is 0.00334. The second-order valence-electron chi connectivity index (χ2n) is 4.28. The number of nitro groups is 1. The van der Waals surface area contributed by atoms with Crippen molar-refractivity contribution in [1.82, 2.24) is 15.3 Å². The Morgan fingerprint density at radius 1 is 1.50 bits per heavy atom. The SMILES string of the molecule is CNC(Cc1ncnc(OC)c1[N+](=O)[O-])C(C)C. The fourth-order valence-corrected chi connectivity index (χ4v) is 1.76.